The lowest BCUT2D eigenvalue weighted by atomic mass is 10.2. The summed E-state index contributed by atoms with van der Waals surface area (Å²) in [6, 6.07) is 8.09. The number of ether oxygens (including phenoxy) is 1. The van der Waals surface area contributed by atoms with Gasteiger partial charge in [-0.15, -0.1) is 0 Å². The van der Waals surface area contributed by atoms with Crippen LogP contribution in [0.2, 0.25) is 0 Å². The normalized spacial score (nSPS) is 14.8. The van der Waals surface area contributed by atoms with E-state index >= 15 is 0 Å². The molecule has 0 fully saturated rings. The molecule has 3 nitrogen and oxygen atoms in total. The first-order chi connectivity index (χ1) is 6.92. The van der Waals surface area contributed by atoms with Crippen LogP contribution in [0.3, 0.4) is 0 Å². The van der Waals surface area contributed by atoms with Gasteiger partial charge in [-0.05, 0) is 19.1 Å². The highest BCUT2D eigenvalue weighted by Gasteiger charge is 2.13. The topological polar surface area (TPSA) is 33.6 Å². The van der Waals surface area contributed by atoms with Crippen molar-refractivity contribution in [3.05, 3.63) is 29.8 Å². The van der Waals surface area contributed by atoms with E-state index in [2.05, 4.69) is 17.2 Å². The standard InChI is InChI=1S/C11H14N2O/c1-2-12-10-6-4-3-5-9(10)11-13-7-8-14-11/h3-6,12H,2,7-8H2,1H3. The Hall–Kier alpha value is -1.51. The Morgan fingerprint density at radius 2 is 2.29 bits per heavy atom. The van der Waals surface area contributed by atoms with E-state index in [1.165, 1.54) is 0 Å². The molecule has 74 valence electrons. The summed E-state index contributed by atoms with van der Waals surface area (Å²) in [5.41, 5.74) is 2.16. The van der Waals surface area contributed by atoms with E-state index in [0.717, 1.165) is 30.2 Å². The van der Waals surface area contributed by atoms with Crippen LogP contribution >= 0.6 is 0 Å². The Labute approximate surface area is 83.8 Å². The fourth-order valence-corrected chi connectivity index (χ4v) is 1.51. The van der Waals surface area contributed by atoms with E-state index in [-0.39, 0.29) is 0 Å². The lowest BCUT2D eigenvalue weighted by Crippen LogP contribution is -2.07. The smallest absolute Gasteiger partial charge is 0.218 e. The third-order valence-electron chi connectivity index (χ3n) is 2.11. The number of anilines is 1. The van der Waals surface area contributed by atoms with Crippen LogP contribution in [0.15, 0.2) is 29.3 Å². The number of hydrogen-bond donors (Lipinski definition) is 1. The molecule has 1 aliphatic rings. The minimum absolute atomic E-state index is 0.704. The van der Waals surface area contributed by atoms with Gasteiger partial charge in [-0.2, -0.15) is 0 Å². The first-order valence-corrected chi connectivity index (χ1v) is 4.92. The van der Waals surface area contributed by atoms with Crippen molar-refractivity contribution in [3.8, 4) is 0 Å². The maximum Gasteiger partial charge on any atom is 0.218 e. The predicted octanol–water partition coefficient (Wildman–Crippen LogP) is 1.90. The molecule has 0 atom stereocenters. The summed E-state index contributed by atoms with van der Waals surface area (Å²) < 4.78 is 5.44. The van der Waals surface area contributed by atoms with E-state index in [4.69, 9.17) is 4.74 Å². The molecule has 1 aromatic carbocycles. The second kappa shape index (κ2) is 4.13. The molecule has 0 aromatic heterocycles. The van der Waals surface area contributed by atoms with E-state index in [1.807, 2.05) is 24.3 Å². The SMILES string of the molecule is CCNc1ccccc1C1=NCCO1. The van der Waals surface area contributed by atoms with Crippen LogP contribution in [0, 0.1) is 0 Å². The molecule has 1 aromatic rings. The fraction of sp³-hybridized carbons (Fsp3) is 0.364. The van der Waals surface area contributed by atoms with Crippen molar-refractivity contribution in [1.29, 1.82) is 0 Å². The van der Waals surface area contributed by atoms with Crippen molar-refractivity contribution in [3.63, 3.8) is 0 Å². The average Bonchev–Trinajstić information content (AvgIpc) is 2.72. The number of nitrogens with one attached hydrogen (secondary N) is 1. The highest BCUT2D eigenvalue weighted by Crippen LogP contribution is 2.18. The molecule has 0 bridgehead atoms. The molecule has 0 radical (unpaired) electrons. The lowest BCUT2D eigenvalue weighted by Gasteiger charge is -2.09. The molecule has 0 saturated heterocycles. The summed E-state index contributed by atoms with van der Waals surface area (Å²) in [5, 5.41) is 3.29. The van der Waals surface area contributed by atoms with Crippen molar-refractivity contribution < 1.29 is 4.74 Å². The summed E-state index contributed by atoms with van der Waals surface area (Å²) in [5.74, 6) is 0.765. The maximum atomic E-state index is 5.44. The van der Waals surface area contributed by atoms with Gasteiger partial charge in [-0.3, -0.25) is 0 Å². The van der Waals surface area contributed by atoms with Crippen LogP contribution < -0.4 is 5.32 Å². The van der Waals surface area contributed by atoms with Crippen molar-refractivity contribution in [2.45, 2.75) is 6.92 Å². The van der Waals surface area contributed by atoms with E-state index in [1.54, 1.807) is 0 Å². The molecule has 3 heteroatoms. The monoisotopic (exact) mass is 190 g/mol. The van der Waals surface area contributed by atoms with Crippen LogP contribution in [0.5, 0.6) is 0 Å². The molecule has 1 N–H and O–H groups in total. The Morgan fingerprint density at radius 1 is 1.43 bits per heavy atom. The summed E-state index contributed by atoms with van der Waals surface area (Å²) in [6.45, 7) is 4.46. The number of hydrogen-bond acceptors (Lipinski definition) is 3. The molecule has 0 saturated carbocycles. The molecule has 2 rings (SSSR count). The van der Waals surface area contributed by atoms with Crippen LogP contribution in [0.4, 0.5) is 5.69 Å². The fourth-order valence-electron chi connectivity index (χ4n) is 1.51. The largest absolute Gasteiger partial charge is 0.475 e. The summed E-state index contributed by atoms with van der Waals surface area (Å²) in [6.07, 6.45) is 0. The third-order valence-corrected chi connectivity index (χ3v) is 2.11. The van der Waals surface area contributed by atoms with Crippen molar-refractivity contribution in [1.82, 2.24) is 0 Å². The number of benzene rings is 1. The molecule has 0 spiro atoms. The molecule has 0 amide bonds. The van der Waals surface area contributed by atoms with Gasteiger partial charge >= 0.3 is 0 Å². The number of para-hydroxylation sites is 1. The zero-order valence-electron chi connectivity index (χ0n) is 8.29. The Kier molecular flexibility index (Phi) is 2.68. The van der Waals surface area contributed by atoms with Gasteiger partial charge in [0, 0.05) is 12.2 Å². The molecule has 0 aliphatic carbocycles. The maximum absolute atomic E-state index is 5.44. The molecular formula is C11H14N2O. The molecule has 1 aliphatic heterocycles. The summed E-state index contributed by atoms with van der Waals surface area (Å²) in [7, 11) is 0. The lowest BCUT2D eigenvalue weighted by molar-refractivity contribution is 0.348. The Morgan fingerprint density at radius 3 is 3.00 bits per heavy atom. The van der Waals surface area contributed by atoms with Gasteiger partial charge in [0.1, 0.15) is 6.61 Å². The first kappa shape index (κ1) is 9.06. The minimum Gasteiger partial charge on any atom is -0.475 e. The average molecular weight is 190 g/mol. The van der Waals surface area contributed by atoms with Gasteiger partial charge in [0.15, 0.2) is 0 Å². The predicted molar refractivity (Wildman–Crippen MR) is 58.0 cm³/mol. The van der Waals surface area contributed by atoms with Gasteiger partial charge in [0.25, 0.3) is 0 Å². The second-order valence-corrected chi connectivity index (χ2v) is 3.11. The zero-order valence-corrected chi connectivity index (χ0v) is 8.29. The van der Waals surface area contributed by atoms with Crippen LogP contribution in [-0.4, -0.2) is 25.6 Å². The zero-order chi connectivity index (χ0) is 9.80. The third kappa shape index (κ3) is 1.71. The van der Waals surface area contributed by atoms with E-state index in [9.17, 15) is 0 Å². The van der Waals surface area contributed by atoms with Gasteiger partial charge < -0.3 is 10.1 Å². The van der Waals surface area contributed by atoms with Crippen LogP contribution in [0.25, 0.3) is 0 Å². The number of rotatable bonds is 3. The van der Waals surface area contributed by atoms with E-state index in [0.29, 0.717) is 6.61 Å². The van der Waals surface area contributed by atoms with Crippen molar-refractivity contribution in [2.75, 3.05) is 25.0 Å². The van der Waals surface area contributed by atoms with Crippen molar-refractivity contribution >= 4 is 11.6 Å². The van der Waals surface area contributed by atoms with Crippen LogP contribution in [0.1, 0.15) is 12.5 Å². The Bertz CT molecular complexity index is 347. The highest BCUT2D eigenvalue weighted by atomic mass is 16.5. The minimum atomic E-state index is 0.704. The van der Waals surface area contributed by atoms with Crippen LogP contribution in [-0.2, 0) is 4.74 Å². The van der Waals surface area contributed by atoms with E-state index < -0.39 is 0 Å². The van der Waals surface area contributed by atoms with Crippen molar-refractivity contribution in [2.24, 2.45) is 4.99 Å². The van der Waals surface area contributed by atoms with Gasteiger partial charge in [0.2, 0.25) is 5.90 Å². The van der Waals surface area contributed by atoms with Gasteiger partial charge in [0.05, 0.1) is 12.1 Å². The van der Waals surface area contributed by atoms with Gasteiger partial charge in [-0.1, -0.05) is 12.1 Å². The summed E-state index contributed by atoms with van der Waals surface area (Å²) in [4.78, 5) is 4.30. The highest BCUT2D eigenvalue weighted by molar-refractivity contribution is 6.00. The number of aliphatic imine (C=N–C) groups is 1. The molecule has 1 heterocycles. The molecule has 0 unspecified atom stereocenters. The second-order valence-electron chi connectivity index (χ2n) is 3.11. The van der Waals surface area contributed by atoms with Gasteiger partial charge in [-0.25, -0.2) is 4.99 Å². The summed E-state index contributed by atoms with van der Waals surface area (Å²) >= 11 is 0. The number of nitrogens with zero attached hydrogens (tertiary/aromatic N) is 1. The molecule has 14 heavy (non-hydrogen) atoms. The Balaban J connectivity index is 2.31. The quantitative estimate of drug-likeness (QED) is 0.789. The molecular weight excluding hydrogens is 176 g/mol. The first-order valence-electron chi connectivity index (χ1n) is 4.92.